The van der Waals surface area contributed by atoms with Gasteiger partial charge in [0, 0.05) is 11.1 Å². The van der Waals surface area contributed by atoms with E-state index in [0.29, 0.717) is 11.3 Å². The molecule has 0 atom stereocenters. The van der Waals surface area contributed by atoms with Crippen molar-refractivity contribution in [2.45, 2.75) is 52.9 Å². The molecule has 0 unspecified atom stereocenters. The fraction of sp³-hybridized carbons (Fsp3) is 0.667. The Morgan fingerprint density at radius 2 is 2.06 bits per heavy atom. The molecule has 1 heterocycles. The lowest BCUT2D eigenvalue weighted by atomic mass is 10.1. The maximum absolute atomic E-state index is 5.93. The zero-order chi connectivity index (χ0) is 12.5. The number of pyridine rings is 1. The minimum atomic E-state index is 0.432. The van der Waals surface area contributed by atoms with E-state index in [4.69, 9.17) is 4.74 Å². The molecule has 0 radical (unpaired) electrons. The van der Waals surface area contributed by atoms with Crippen LogP contribution in [0.3, 0.4) is 0 Å². The van der Waals surface area contributed by atoms with Gasteiger partial charge in [-0.3, -0.25) is 4.98 Å². The van der Waals surface area contributed by atoms with E-state index in [-0.39, 0.29) is 0 Å². The number of aromatic nitrogens is 1. The first-order chi connectivity index (χ1) is 8.04. The van der Waals surface area contributed by atoms with Gasteiger partial charge in [0.2, 0.25) is 0 Å². The quantitative estimate of drug-likeness (QED) is 0.768. The van der Waals surface area contributed by atoms with Crippen molar-refractivity contribution in [3.05, 3.63) is 23.5 Å². The van der Waals surface area contributed by atoms with E-state index in [1.807, 2.05) is 0 Å². The number of nitrogens with zero attached hydrogens (tertiary/aromatic N) is 1. The second kappa shape index (κ2) is 4.67. The molecule has 1 aliphatic carbocycles. The van der Waals surface area contributed by atoms with E-state index >= 15 is 0 Å². The smallest absolute Gasteiger partial charge is 0.140 e. The van der Waals surface area contributed by atoms with Crippen molar-refractivity contribution < 1.29 is 4.74 Å². The van der Waals surface area contributed by atoms with Crippen LogP contribution in [0.2, 0.25) is 0 Å². The summed E-state index contributed by atoms with van der Waals surface area (Å²) >= 11 is 0. The lowest BCUT2D eigenvalue weighted by Gasteiger charge is -2.15. The van der Waals surface area contributed by atoms with Gasteiger partial charge in [-0.15, -0.1) is 0 Å². The van der Waals surface area contributed by atoms with Gasteiger partial charge in [-0.2, -0.15) is 0 Å². The highest BCUT2D eigenvalue weighted by molar-refractivity contribution is 5.30. The van der Waals surface area contributed by atoms with E-state index in [1.54, 1.807) is 0 Å². The zero-order valence-electron chi connectivity index (χ0n) is 11.4. The Kier molecular flexibility index (Phi) is 3.41. The Labute approximate surface area is 104 Å². The van der Waals surface area contributed by atoms with Crippen LogP contribution in [0.1, 0.15) is 57.8 Å². The summed E-state index contributed by atoms with van der Waals surface area (Å²) in [5.41, 5.74) is 2.69. The SMILES string of the molecule is CCc1nc(C(C)C)ccc1OCC1(C)CC1. The molecule has 1 aromatic heterocycles. The topological polar surface area (TPSA) is 22.1 Å². The third kappa shape index (κ3) is 2.99. The van der Waals surface area contributed by atoms with Crippen LogP contribution in [0, 0.1) is 5.41 Å². The molecule has 94 valence electrons. The van der Waals surface area contributed by atoms with Crippen molar-refractivity contribution in [1.29, 1.82) is 0 Å². The van der Waals surface area contributed by atoms with Crippen molar-refractivity contribution in [2.75, 3.05) is 6.61 Å². The monoisotopic (exact) mass is 233 g/mol. The highest BCUT2D eigenvalue weighted by Crippen LogP contribution is 2.45. The predicted molar refractivity (Wildman–Crippen MR) is 70.5 cm³/mol. The Hall–Kier alpha value is -1.05. The molecule has 2 rings (SSSR count). The van der Waals surface area contributed by atoms with Crippen LogP contribution in [0.4, 0.5) is 0 Å². The Balaban J connectivity index is 2.10. The molecule has 1 aliphatic rings. The normalized spacial score (nSPS) is 17.2. The number of aryl methyl sites for hydroxylation is 1. The summed E-state index contributed by atoms with van der Waals surface area (Å²) < 4.78 is 5.93. The summed E-state index contributed by atoms with van der Waals surface area (Å²) in [5, 5.41) is 0. The van der Waals surface area contributed by atoms with E-state index in [9.17, 15) is 0 Å². The van der Waals surface area contributed by atoms with Gasteiger partial charge in [0.25, 0.3) is 0 Å². The van der Waals surface area contributed by atoms with Gasteiger partial charge in [0.1, 0.15) is 5.75 Å². The third-order valence-electron chi connectivity index (χ3n) is 3.56. The molecule has 0 N–H and O–H groups in total. The second-order valence-corrected chi connectivity index (χ2v) is 5.79. The zero-order valence-corrected chi connectivity index (χ0v) is 11.4. The van der Waals surface area contributed by atoms with Crippen molar-refractivity contribution in [2.24, 2.45) is 5.41 Å². The van der Waals surface area contributed by atoms with Crippen molar-refractivity contribution in [3.8, 4) is 5.75 Å². The standard InChI is InChI=1S/C15H23NO/c1-5-12-14(17-10-15(4)8-9-15)7-6-13(16-12)11(2)3/h6-7,11H,5,8-10H2,1-4H3. The molecule has 1 saturated carbocycles. The molecule has 2 nitrogen and oxygen atoms in total. The molecular weight excluding hydrogens is 210 g/mol. The van der Waals surface area contributed by atoms with Crippen LogP contribution in [0.15, 0.2) is 12.1 Å². The minimum absolute atomic E-state index is 0.432. The summed E-state index contributed by atoms with van der Waals surface area (Å²) in [4.78, 5) is 4.69. The molecule has 0 aliphatic heterocycles. The summed E-state index contributed by atoms with van der Waals surface area (Å²) in [6.45, 7) is 9.61. The van der Waals surface area contributed by atoms with Gasteiger partial charge in [-0.05, 0) is 37.3 Å². The van der Waals surface area contributed by atoms with Crippen LogP contribution in [0.25, 0.3) is 0 Å². The Bertz CT molecular complexity index is 394. The molecule has 0 amide bonds. The van der Waals surface area contributed by atoms with Crippen molar-refractivity contribution >= 4 is 0 Å². The van der Waals surface area contributed by atoms with E-state index < -0.39 is 0 Å². The summed E-state index contributed by atoms with van der Waals surface area (Å²) in [7, 11) is 0. The molecule has 0 spiro atoms. The first-order valence-corrected chi connectivity index (χ1v) is 6.67. The molecule has 1 fully saturated rings. The molecule has 2 heteroatoms. The molecular formula is C15H23NO. The maximum Gasteiger partial charge on any atom is 0.140 e. The Morgan fingerprint density at radius 1 is 1.35 bits per heavy atom. The molecule has 0 saturated heterocycles. The van der Waals surface area contributed by atoms with Gasteiger partial charge < -0.3 is 4.74 Å². The summed E-state index contributed by atoms with van der Waals surface area (Å²) in [6.07, 6.45) is 3.53. The van der Waals surface area contributed by atoms with Crippen LogP contribution >= 0.6 is 0 Å². The van der Waals surface area contributed by atoms with E-state index in [0.717, 1.165) is 30.2 Å². The molecule has 0 bridgehead atoms. The third-order valence-corrected chi connectivity index (χ3v) is 3.56. The largest absolute Gasteiger partial charge is 0.491 e. The molecule has 1 aromatic rings. The summed E-state index contributed by atoms with van der Waals surface area (Å²) in [6, 6.07) is 4.18. The second-order valence-electron chi connectivity index (χ2n) is 5.79. The Morgan fingerprint density at radius 3 is 2.59 bits per heavy atom. The van der Waals surface area contributed by atoms with Crippen molar-refractivity contribution in [1.82, 2.24) is 4.98 Å². The predicted octanol–water partition coefficient (Wildman–Crippen LogP) is 3.95. The van der Waals surface area contributed by atoms with Crippen LogP contribution in [-0.2, 0) is 6.42 Å². The van der Waals surface area contributed by atoms with Crippen LogP contribution in [0.5, 0.6) is 5.75 Å². The van der Waals surface area contributed by atoms with E-state index in [1.165, 1.54) is 12.8 Å². The number of hydrogen-bond acceptors (Lipinski definition) is 2. The minimum Gasteiger partial charge on any atom is -0.491 e. The molecule has 17 heavy (non-hydrogen) atoms. The number of rotatable bonds is 5. The van der Waals surface area contributed by atoms with Crippen molar-refractivity contribution in [3.63, 3.8) is 0 Å². The van der Waals surface area contributed by atoms with Gasteiger partial charge in [0.05, 0.1) is 12.3 Å². The van der Waals surface area contributed by atoms with Gasteiger partial charge in [-0.1, -0.05) is 27.7 Å². The molecule has 0 aromatic carbocycles. The first-order valence-electron chi connectivity index (χ1n) is 6.67. The maximum atomic E-state index is 5.93. The average Bonchev–Trinajstić information content (AvgIpc) is 3.05. The van der Waals surface area contributed by atoms with E-state index in [2.05, 4.69) is 44.8 Å². The summed E-state index contributed by atoms with van der Waals surface area (Å²) in [5.74, 6) is 1.46. The van der Waals surface area contributed by atoms with Crippen LogP contribution < -0.4 is 4.74 Å². The van der Waals surface area contributed by atoms with Gasteiger partial charge in [-0.25, -0.2) is 0 Å². The number of ether oxygens (including phenoxy) is 1. The lowest BCUT2D eigenvalue weighted by molar-refractivity contribution is 0.244. The highest BCUT2D eigenvalue weighted by Gasteiger charge is 2.38. The lowest BCUT2D eigenvalue weighted by Crippen LogP contribution is -2.11. The van der Waals surface area contributed by atoms with Gasteiger partial charge >= 0.3 is 0 Å². The average molecular weight is 233 g/mol. The van der Waals surface area contributed by atoms with Gasteiger partial charge in [0.15, 0.2) is 0 Å². The fourth-order valence-corrected chi connectivity index (χ4v) is 1.82. The highest BCUT2D eigenvalue weighted by atomic mass is 16.5. The number of hydrogen-bond donors (Lipinski definition) is 0. The fourth-order valence-electron chi connectivity index (χ4n) is 1.82. The first kappa shape index (κ1) is 12.4. The van der Waals surface area contributed by atoms with Crippen LogP contribution in [-0.4, -0.2) is 11.6 Å².